The number of halogens is 1. The van der Waals surface area contributed by atoms with Crippen LogP contribution in [0.5, 0.6) is 0 Å². The van der Waals surface area contributed by atoms with Gasteiger partial charge in [0.15, 0.2) is 11.5 Å². The highest BCUT2D eigenvalue weighted by molar-refractivity contribution is 5.96. The zero-order chi connectivity index (χ0) is 22.3. The molecule has 1 aliphatic rings. The van der Waals surface area contributed by atoms with Crippen LogP contribution in [0.2, 0.25) is 0 Å². The first kappa shape index (κ1) is 23.5. The van der Waals surface area contributed by atoms with Gasteiger partial charge in [0, 0.05) is 26.3 Å². The highest BCUT2D eigenvalue weighted by Gasteiger charge is 2.27. The van der Waals surface area contributed by atoms with Gasteiger partial charge in [-0.05, 0) is 32.0 Å². The molecule has 2 amide bonds. The van der Waals surface area contributed by atoms with Gasteiger partial charge in [-0.1, -0.05) is 20.8 Å². The summed E-state index contributed by atoms with van der Waals surface area (Å²) in [5.74, 6) is -0.00922. The Morgan fingerprint density at radius 1 is 1.27 bits per heavy atom. The molecule has 3 heterocycles. The van der Waals surface area contributed by atoms with E-state index >= 15 is 0 Å². The van der Waals surface area contributed by atoms with E-state index in [1.54, 1.807) is 6.07 Å². The van der Waals surface area contributed by atoms with Crippen LogP contribution < -0.4 is 10.6 Å². The topological polar surface area (TPSA) is 92.1 Å². The number of hydrogen-bond acceptors (Lipinski definition) is 5. The number of nitrogens with one attached hydrogen (secondary N) is 2. The minimum atomic E-state index is -0.491. The first-order chi connectivity index (χ1) is 14.2. The van der Waals surface area contributed by atoms with Gasteiger partial charge >= 0.3 is 0 Å². The van der Waals surface area contributed by atoms with Crippen LogP contribution in [0.4, 0.5) is 4.39 Å². The van der Waals surface area contributed by atoms with Gasteiger partial charge in [-0.25, -0.2) is 9.37 Å². The molecule has 0 bridgehead atoms. The predicted molar refractivity (Wildman–Crippen MR) is 113 cm³/mol. The van der Waals surface area contributed by atoms with E-state index in [-0.39, 0.29) is 18.1 Å². The molecule has 8 nitrogen and oxygen atoms in total. The number of aromatic nitrogens is 3. The fourth-order valence-corrected chi connectivity index (χ4v) is 3.00. The molecule has 164 valence electrons. The van der Waals surface area contributed by atoms with E-state index in [4.69, 9.17) is 0 Å². The van der Waals surface area contributed by atoms with Crippen LogP contribution in [0.1, 0.15) is 43.4 Å². The van der Waals surface area contributed by atoms with E-state index in [1.807, 2.05) is 11.6 Å². The van der Waals surface area contributed by atoms with Crippen LogP contribution in [0, 0.1) is 11.7 Å². The number of carbonyl (C=O) groups is 2. The van der Waals surface area contributed by atoms with Gasteiger partial charge in [0.2, 0.25) is 5.91 Å². The summed E-state index contributed by atoms with van der Waals surface area (Å²) in [4.78, 5) is 34.3. The lowest BCUT2D eigenvalue weighted by Crippen LogP contribution is -2.36. The van der Waals surface area contributed by atoms with Gasteiger partial charge in [-0.2, -0.15) is 0 Å². The van der Waals surface area contributed by atoms with Gasteiger partial charge in [0.05, 0.1) is 24.0 Å². The SMILES string of the molecule is CC(C)C.CNC(=O)CNC(=O)c1nc(-c2ccncc2F)n2c1CN(C)CCC2. The maximum absolute atomic E-state index is 14.3. The Kier molecular flexibility index (Phi) is 8.46. The summed E-state index contributed by atoms with van der Waals surface area (Å²) in [7, 11) is 3.46. The number of carbonyl (C=O) groups excluding carboxylic acids is 2. The number of amides is 2. The third-order valence-corrected chi connectivity index (χ3v) is 4.33. The fraction of sp³-hybridized carbons (Fsp3) is 0.524. The quantitative estimate of drug-likeness (QED) is 0.793. The Morgan fingerprint density at radius 3 is 2.60 bits per heavy atom. The van der Waals surface area contributed by atoms with Gasteiger partial charge in [-0.3, -0.25) is 14.6 Å². The van der Waals surface area contributed by atoms with Crippen molar-refractivity contribution in [3.8, 4) is 11.4 Å². The Morgan fingerprint density at radius 2 is 1.97 bits per heavy atom. The second-order valence-corrected chi connectivity index (χ2v) is 7.92. The summed E-state index contributed by atoms with van der Waals surface area (Å²) in [5, 5.41) is 5.01. The molecule has 0 fully saturated rings. The first-order valence-electron chi connectivity index (χ1n) is 10.1. The third kappa shape index (κ3) is 6.09. The molecule has 9 heteroatoms. The number of pyridine rings is 1. The highest BCUT2D eigenvalue weighted by atomic mass is 19.1. The van der Waals surface area contributed by atoms with Crippen molar-refractivity contribution >= 4 is 11.8 Å². The second-order valence-electron chi connectivity index (χ2n) is 7.92. The summed E-state index contributed by atoms with van der Waals surface area (Å²) >= 11 is 0. The summed E-state index contributed by atoms with van der Waals surface area (Å²) < 4.78 is 16.1. The minimum absolute atomic E-state index is 0.142. The fourth-order valence-electron chi connectivity index (χ4n) is 3.00. The standard InChI is InChI=1S/C17H21FN6O2.C4H10/c1-19-14(25)9-21-17(26)15-13-10-23(2)6-3-7-24(13)16(22-15)11-4-5-20-8-12(11)18;1-4(2)3/h4-5,8H,3,6-7,9-10H2,1-2H3,(H,19,25)(H,21,26);4H,1-3H3. The van der Waals surface area contributed by atoms with Gasteiger partial charge in [0.1, 0.15) is 5.82 Å². The monoisotopic (exact) mass is 418 g/mol. The first-order valence-corrected chi connectivity index (χ1v) is 10.1. The number of fused-ring (bicyclic) bond motifs is 1. The van der Waals surface area contributed by atoms with Crippen LogP contribution in [0.25, 0.3) is 11.4 Å². The van der Waals surface area contributed by atoms with Crippen molar-refractivity contribution in [2.75, 3.05) is 27.2 Å². The Hall–Kier alpha value is -2.81. The molecule has 0 saturated carbocycles. The van der Waals surface area contributed by atoms with E-state index in [9.17, 15) is 14.0 Å². The van der Waals surface area contributed by atoms with E-state index < -0.39 is 11.7 Å². The summed E-state index contributed by atoms with van der Waals surface area (Å²) in [5.41, 5.74) is 1.23. The Bertz CT molecular complexity index is 878. The van der Waals surface area contributed by atoms with Crippen LogP contribution in [0.15, 0.2) is 18.5 Å². The van der Waals surface area contributed by atoms with E-state index in [0.29, 0.717) is 30.2 Å². The molecule has 0 atom stereocenters. The molecule has 2 aromatic rings. The van der Waals surface area contributed by atoms with Crippen LogP contribution in [-0.2, 0) is 17.9 Å². The summed E-state index contributed by atoms with van der Waals surface area (Å²) in [6, 6.07) is 1.55. The van der Waals surface area contributed by atoms with Crippen molar-refractivity contribution in [2.24, 2.45) is 5.92 Å². The smallest absolute Gasteiger partial charge is 0.272 e. The van der Waals surface area contributed by atoms with Crippen molar-refractivity contribution in [2.45, 2.75) is 40.3 Å². The molecule has 0 aliphatic carbocycles. The van der Waals surface area contributed by atoms with E-state index in [2.05, 4.69) is 46.3 Å². The molecule has 30 heavy (non-hydrogen) atoms. The molecule has 2 N–H and O–H groups in total. The lowest BCUT2D eigenvalue weighted by Gasteiger charge is -2.13. The maximum Gasteiger partial charge on any atom is 0.272 e. The lowest BCUT2D eigenvalue weighted by atomic mass is 10.2. The zero-order valence-electron chi connectivity index (χ0n) is 18.3. The molecule has 0 saturated heterocycles. The third-order valence-electron chi connectivity index (χ3n) is 4.33. The largest absolute Gasteiger partial charge is 0.358 e. The number of hydrogen-bond donors (Lipinski definition) is 2. The molecular formula is C21H31FN6O2. The van der Waals surface area contributed by atoms with Crippen LogP contribution >= 0.6 is 0 Å². The summed E-state index contributed by atoms with van der Waals surface area (Å²) in [6.07, 6.45) is 3.48. The van der Waals surface area contributed by atoms with E-state index in [1.165, 1.54) is 13.2 Å². The highest BCUT2D eigenvalue weighted by Crippen LogP contribution is 2.27. The average Bonchev–Trinajstić information content (AvgIpc) is 2.92. The number of imidazole rings is 1. The molecule has 2 aromatic heterocycles. The molecular weight excluding hydrogens is 387 g/mol. The molecule has 0 radical (unpaired) electrons. The van der Waals surface area contributed by atoms with Crippen molar-refractivity contribution in [1.29, 1.82) is 0 Å². The molecule has 1 aliphatic heterocycles. The predicted octanol–water partition coefficient (Wildman–Crippen LogP) is 2.06. The number of rotatable bonds is 4. The minimum Gasteiger partial charge on any atom is -0.358 e. The van der Waals surface area contributed by atoms with Gasteiger partial charge in [0.25, 0.3) is 5.91 Å². The molecule has 0 aromatic carbocycles. The second kappa shape index (κ2) is 10.8. The number of nitrogens with zero attached hydrogens (tertiary/aromatic N) is 4. The molecule has 0 unspecified atom stereocenters. The van der Waals surface area contributed by atoms with Crippen LogP contribution in [-0.4, -0.2) is 58.4 Å². The van der Waals surface area contributed by atoms with Gasteiger partial charge < -0.3 is 20.1 Å². The van der Waals surface area contributed by atoms with Crippen molar-refractivity contribution in [3.05, 3.63) is 35.7 Å². The average molecular weight is 419 g/mol. The zero-order valence-corrected chi connectivity index (χ0v) is 18.3. The Labute approximate surface area is 176 Å². The van der Waals surface area contributed by atoms with Gasteiger partial charge in [-0.15, -0.1) is 0 Å². The lowest BCUT2D eigenvalue weighted by molar-refractivity contribution is -0.119. The van der Waals surface area contributed by atoms with Crippen molar-refractivity contribution in [3.63, 3.8) is 0 Å². The van der Waals surface area contributed by atoms with E-state index in [0.717, 1.165) is 25.1 Å². The van der Waals surface area contributed by atoms with Crippen LogP contribution in [0.3, 0.4) is 0 Å². The van der Waals surface area contributed by atoms with Crippen molar-refractivity contribution < 1.29 is 14.0 Å². The Balaban J connectivity index is 0.000000735. The number of likely N-dealkylation sites (N-methyl/N-ethyl adjacent to an activating group) is 1. The molecule has 3 rings (SSSR count). The normalized spacial score (nSPS) is 13.7. The maximum atomic E-state index is 14.3. The van der Waals surface area contributed by atoms with Crippen molar-refractivity contribution in [1.82, 2.24) is 30.1 Å². The summed E-state index contributed by atoms with van der Waals surface area (Å²) in [6.45, 7) is 8.37. The molecule has 0 spiro atoms.